The molecule has 124 valence electrons. The van der Waals surface area contributed by atoms with Crippen LogP contribution >= 0.6 is 28.3 Å². The monoisotopic (exact) mass is 413 g/mol. The summed E-state index contributed by atoms with van der Waals surface area (Å²) in [5.41, 5.74) is 5.30. The number of nitrogens with zero attached hydrogens (tertiary/aromatic N) is 2. The second-order valence-electron chi connectivity index (χ2n) is 5.47. The highest BCUT2D eigenvalue weighted by Gasteiger charge is 2.39. The normalized spacial score (nSPS) is 22.3. The fourth-order valence-electron chi connectivity index (χ4n) is 2.30. The van der Waals surface area contributed by atoms with Gasteiger partial charge in [-0.15, -0.1) is 12.4 Å². The molecule has 22 heavy (non-hydrogen) atoms. The average Bonchev–Trinajstić information content (AvgIpc) is 2.82. The third-order valence-electron chi connectivity index (χ3n) is 3.77. The largest absolute Gasteiger partial charge is 0.330 e. The van der Waals surface area contributed by atoms with Gasteiger partial charge in [0.05, 0.1) is 14.3 Å². The Kier molecular flexibility index (Phi) is 5.96. The molecule has 0 bridgehead atoms. The number of hydrogen-bond acceptors (Lipinski definition) is 5. The van der Waals surface area contributed by atoms with E-state index in [-0.39, 0.29) is 32.9 Å². The Hall–Kier alpha value is -0.740. The molecule has 0 radical (unpaired) electrons. The first-order valence-corrected chi connectivity index (χ1v) is 8.57. The van der Waals surface area contributed by atoms with E-state index >= 15 is 0 Å². The number of nitro groups is 1. The summed E-state index contributed by atoms with van der Waals surface area (Å²) in [5.74, 6) is 0. The smallest absolute Gasteiger partial charge is 0.283 e. The number of rotatable bonds is 4. The van der Waals surface area contributed by atoms with E-state index in [4.69, 9.17) is 5.73 Å². The Morgan fingerprint density at radius 2 is 2.14 bits per heavy atom. The van der Waals surface area contributed by atoms with Crippen LogP contribution in [0, 0.1) is 15.5 Å². The Bertz CT molecular complexity index is 685. The van der Waals surface area contributed by atoms with Gasteiger partial charge in [-0.25, -0.2) is 8.42 Å². The SMILES string of the molecule is CC1(CN)CCN(S(=O)(=O)c2ccc([N+](=O)[O-])c(Br)c2)C1.Cl. The van der Waals surface area contributed by atoms with Crippen LogP contribution in [0.4, 0.5) is 5.69 Å². The van der Waals surface area contributed by atoms with E-state index in [1.54, 1.807) is 0 Å². The lowest BCUT2D eigenvalue weighted by atomic mass is 9.90. The minimum atomic E-state index is -3.66. The van der Waals surface area contributed by atoms with Crippen LogP contribution in [0.1, 0.15) is 13.3 Å². The molecule has 1 aromatic rings. The Labute approximate surface area is 143 Å². The van der Waals surface area contributed by atoms with Crippen LogP contribution in [0.5, 0.6) is 0 Å². The molecule has 7 nitrogen and oxygen atoms in total. The Balaban J connectivity index is 0.00000242. The number of nitro benzene ring substituents is 1. The molecule has 1 unspecified atom stereocenters. The van der Waals surface area contributed by atoms with Crippen molar-refractivity contribution in [1.82, 2.24) is 4.31 Å². The summed E-state index contributed by atoms with van der Waals surface area (Å²) in [4.78, 5) is 10.2. The van der Waals surface area contributed by atoms with Crippen molar-refractivity contribution < 1.29 is 13.3 Å². The van der Waals surface area contributed by atoms with Gasteiger partial charge in [0.25, 0.3) is 5.69 Å². The second-order valence-corrected chi connectivity index (χ2v) is 8.27. The van der Waals surface area contributed by atoms with Crippen molar-refractivity contribution in [2.45, 2.75) is 18.2 Å². The molecular weight excluding hydrogens is 398 g/mol. The first-order valence-electron chi connectivity index (χ1n) is 6.34. The van der Waals surface area contributed by atoms with Crippen LogP contribution in [-0.2, 0) is 10.0 Å². The van der Waals surface area contributed by atoms with Crippen molar-refractivity contribution in [3.63, 3.8) is 0 Å². The number of hydrogen-bond donors (Lipinski definition) is 1. The summed E-state index contributed by atoms with van der Waals surface area (Å²) >= 11 is 3.04. The molecule has 0 saturated carbocycles. The van der Waals surface area contributed by atoms with Gasteiger partial charge in [0, 0.05) is 19.2 Å². The lowest BCUT2D eigenvalue weighted by Gasteiger charge is -2.22. The van der Waals surface area contributed by atoms with Crippen LogP contribution in [0.3, 0.4) is 0 Å². The molecule has 1 heterocycles. The zero-order valence-electron chi connectivity index (χ0n) is 11.9. The molecule has 1 saturated heterocycles. The molecule has 2 rings (SSSR count). The van der Waals surface area contributed by atoms with E-state index in [0.29, 0.717) is 26.1 Å². The molecule has 0 aromatic heterocycles. The van der Waals surface area contributed by atoms with Crippen LogP contribution in [0.15, 0.2) is 27.6 Å². The van der Waals surface area contributed by atoms with Crippen molar-refractivity contribution >= 4 is 44.0 Å². The molecule has 10 heteroatoms. The minimum Gasteiger partial charge on any atom is -0.330 e. The van der Waals surface area contributed by atoms with Crippen molar-refractivity contribution in [3.8, 4) is 0 Å². The highest BCUT2D eigenvalue weighted by molar-refractivity contribution is 9.10. The van der Waals surface area contributed by atoms with Crippen molar-refractivity contribution in [2.24, 2.45) is 11.1 Å². The highest BCUT2D eigenvalue weighted by Crippen LogP contribution is 2.34. The fraction of sp³-hybridized carbons (Fsp3) is 0.500. The van der Waals surface area contributed by atoms with Crippen LogP contribution in [0.2, 0.25) is 0 Å². The topological polar surface area (TPSA) is 107 Å². The summed E-state index contributed by atoms with van der Waals surface area (Å²) in [7, 11) is -3.66. The van der Waals surface area contributed by atoms with Gasteiger partial charge in [-0.3, -0.25) is 10.1 Å². The van der Waals surface area contributed by atoms with Gasteiger partial charge < -0.3 is 5.73 Å². The predicted molar refractivity (Wildman–Crippen MR) is 88.6 cm³/mol. The first-order chi connectivity index (χ1) is 9.69. The van der Waals surface area contributed by atoms with Crippen LogP contribution in [-0.4, -0.2) is 37.3 Å². The van der Waals surface area contributed by atoms with Crippen molar-refractivity contribution in [2.75, 3.05) is 19.6 Å². The van der Waals surface area contributed by atoms with E-state index in [9.17, 15) is 18.5 Å². The maximum Gasteiger partial charge on any atom is 0.283 e. The average molecular weight is 415 g/mol. The molecule has 1 fully saturated rings. The molecule has 1 aromatic carbocycles. The molecule has 1 aliphatic heterocycles. The van der Waals surface area contributed by atoms with Crippen molar-refractivity contribution in [3.05, 3.63) is 32.8 Å². The molecule has 0 spiro atoms. The van der Waals surface area contributed by atoms with E-state index < -0.39 is 14.9 Å². The van der Waals surface area contributed by atoms with E-state index in [2.05, 4.69) is 15.9 Å². The summed E-state index contributed by atoms with van der Waals surface area (Å²) in [5, 5.41) is 10.8. The maximum absolute atomic E-state index is 12.6. The molecule has 0 aliphatic carbocycles. The zero-order chi connectivity index (χ0) is 15.8. The molecular formula is C12H17BrClN3O4S. The van der Waals surface area contributed by atoms with E-state index in [1.165, 1.54) is 22.5 Å². The molecule has 0 amide bonds. The van der Waals surface area contributed by atoms with Gasteiger partial charge in [-0.2, -0.15) is 4.31 Å². The van der Waals surface area contributed by atoms with Crippen molar-refractivity contribution in [1.29, 1.82) is 0 Å². The number of benzene rings is 1. The quantitative estimate of drug-likeness (QED) is 0.600. The Morgan fingerprint density at radius 1 is 1.50 bits per heavy atom. The summed E-state index contributed by atoms with van der Waals surface area (Å²) in [6, 6.07) is 3.72. The number of nitrogens with two attached hydrogens (primary N) is 1. The first kappa shape index (κ1) is 19.3. The highest BCUT2D eigenvalue weighted by atomic mass is 79.9. The standard InChI is InChI=1S/C12H16BrN3O4S.ClH/c1-12(7-14)4-5-15(8-12)21(19,20)9-2-3-11(16(17)18)10(13)6-9;/h2-3,6H,4-5,7-8,14H2,1H3;1H. The van der Waals surface area contributed by atoms with Gasteiger partial charge in [0.15, 0.2) is 0 Å². The molecule has 1 atom stereocenters. The Morgan fingerprint density at radius 3 is 2.59 bits per heavy atom. The van der Waals surface area contributed by atoms with Crippen LogP contribution < -0.4 is 5.73 Å². The summed E-state index contributed by atoms with van der Waals surface area (Å²) in [6.07, 6.45) is 0.705. The number of halogens is 2. The second kappa shape index (κ2) is 6.79. The van der Waals surface area contributed by atoms with E-state index in [1.807, 2.05) is 6.92 Å². The molecule has 2 N–H and O–H groups in total. The lowest BCUT2D eigenvalue weighted by Crippen LogP contribution is -2.34. The third-order valence-corrected chi connectivity index (χ3v) is 6.25. The van der Waals surface area contributed by atoms with Gasteiger partial charge in [0.2, 0.25) is 10.0 Å². The summed E-state index contributed by atoms with van der Waals surface area (Å²) < 4.78 is 26.7. The maximum atomic E-state index is 12.6. The van der Waals surface area contributed by atoms with Gasteiger partial charge in [0.1, 0.15) is 0 Å². The lowest BCUT2D eigenvalue weighted by molar-refractivity contribution is -0.385. The minimum absolute atomic E-state index is 0. The van der Waals surface area contributed by atoms with Crippen LogP contribution in [0.25, 0.3) is 0 Å². The summed E-state index contributed by atoms with van der Waals surface area (Å²) in [6.45, 7) is 3.14. The molecule has 1 aliphatic rings. The predicted octanol–water partition coefficient (Wildman–Crippen LogP) is 2.14. The zero-order valence-corrected chi connectivity index (χ0v) is 15.1. The van der Waals surface area contributed by atoms with Gasteiger partial charge >= 0.3 is 0 Å². The van der Waals surface area contributed by atoms with Gasteiger partial charge in [-0.1, -0.05) is 6.92 Å². The van der Waals surface area contributed by atoms with E-state index in [0.717, 1.165) is 0 Å². The number of sulfonamides is 1. The fourth-order valence-corrected chi connectivity index (χ4v) is 4.59. The van der Waals surface area contributed by atoms with Gasteiger partial charge in [-0.05, 0) is 46.4 Å². The third kappa shape index (κ3) is 3.60.